The molecule has 1 aromatic heterocycles. The Labute approximate surface area is 161 Å². The molecule has 0 fully saturated rings. The zero-order valence-corrected chi connectivity index (χ0v) is 15.3. The summed E-state index contributed by atoms with van der Waals surface area (Å²) in [7, 11) is 0. The van der Waals surface area contributed by atoms with Crippen molar-refractivity contribution in [3.63, 3.8) is 0 Å². The van der Waals surface area contributed by atoms with Crippen LogP contribution in [0.2, 0.25) is 0 Å². The van der Waals surface area contributed by atoms with E-state index in [0.29, 0.717) is 16.1 Å². The third kappa shape index (κ3) is 3.31. The Morgan fingerprint density at radius 3 is 2.36 bits per heavy atom. The molecule has 144 valence electrons. The van der Waals surface area contributed by atoms with Crippen LogP contribution in [0.25, 0.3) is 16.1 Å². The van der Waals surface area contributed by atoms with Gasteiger partial charge in [-0.25, -0.2) is 8.78 Å². The minimum atomic E-state index is -3.68. The second-order valence-corrected chi connectivity index (χ2v) is 7.23. The van der Waals surface area contributed by atoms with Gasteiger partial charge in [-0.15, -0.1) is 20.1 Å². The monoisotopic (exact) mass is 407 g/mol. The standard InChI is InChI=1S/C20H13F4NO2S/c1-10-8-15-16(27-20(23,24)26-15)9-12(10)17-6-7-18(28-17)25-11(2)19-13(21)4-3-5-14(19)22/h3-9,25H,2H2,1H3. The van der Waals surface area contributed by atoms with Crippen molar-refractivity contribution >= 4 is 22.0 Å². The number of thiophene rings is 1. The molecule has 0 aliphatic carbocycles. The van der Waals surface area contributed by atoms with Crippen LogP contribution >= 0.6 is 11.3 Å². The Hall–Kier alpha value is -3.00. The Balaban J connectivity index is 1.60. The molecule has 4 rings (SSSR count). The molecular weight excluding hydrogens is 394 g/mol. The number of fused-ring (bicyclic) bond motifs is 1. The van der Waals surface area contributed by atoms with E-state index in [1.54, 1.807) is 19.1 Å². The number of halogens is 4. The summed E-state index contributed by atoms with van der Waals surface area (Å²) in [5.74, 6) is -1.51. The zero-order chi connectivity index (χ0) is 20.1. The van der Waals surface area contributed by atoms with E-state index in [-0.39, 0.29) is 22.8 Å². The van der Waals surface area contributed by atoms with Crippen LogP contribution in [0.5, 0.6) is 11.5 Å². The van der Waals surface area contributed by atoms with Crippen LogP contribution in [0.4, 0.5) is 22.6 Å². The number of nitrogens with one attached hydrogen (secondary N) is 1. The van der Waals surface area contributed by atoms with Crippen molar-refractivity contribution in [2.24, 2.45) is 0 Å². The lowest BCUT2D eigenvalue weighted by atomic mass is 10.1. The first-order chi connectivity index (χ1) is 13.2. The second kappa shape index (κ2) is 6.56. The summed E-state index contributed by atoms with van der Waals surface area (Å²) in [6.07, 6.45) is -3.68. The molecule has 3 nitrogen and oxygen atoms in total. The molecule has 0 unspecified atom stereocenters. The molecule has 1 N–H and O–H groups in total. The van der Waals surface area contributed by atoms with E-state index in [0.717, 1.165) is 17.0 Å². The minimum absolute atomic E-state index is 0.0236. The zero-order valence-electron chi connectivity index (χ0n) is 14.5. The van der Waals surface area contributed by atoms with Gasteiger partial charge in [-0.3, -0.25) is 0 Å². The minimum Gasteiger partial charge on any atom is -0.395 e. The summed E-state index contributed by atoms with van der Waals surface area (Å²) < 4.78 is 63.2. The van der Waals surface area contributed by atoms with E-state index in [1.807, 2.05) is 0 Å². The molecule has 28 heavy (non-hydrogen) atoms. The number of hydrogen-bond acceptors (Lipinski definition) is 4. The lowest BCUT2D eigenvalue weighted by Crippen LogP contribution is -2.25. The van der Waals surface area contributed by atoms with Gasteiger partial charge in [0.15, 0.2) is 11.5 Å². The van der Waals surface area contributed by atoms with Gasteiger partial charge < -0.3 is 14.8 Å². The molecule has 3 aromatic rings. The van der Waals surface area contributed by atoms with Gasteiger partial charge in [0.05, 0.1) is 10.6 Å². The number of rotatable bonds is 4. The second-order valence-electron chi connectivity index (χ2n) is 6.15. The van der Waals surface area contributed by atoms with Crippen LogP contribution in [-0.4, -0.2) is 6.29 Å². The smallest absolute Gasteiger partial charge is 0.395 e. The van der Waals surface area contributed by atoms with E-state index in [2.05, 4.69) is 21.4 Å². The SMILES string of the molecule is C=C(Nc1ccc(-c2cc3c(cc2C)OC(F)(F)O3)s1)c1c(F)cccc1F. The van der Waals surface area contributed by atoms with Crippen LogP contribution in [-0.2, 0) is 0 Å². The predicted molar refractivity (Wildman–Crippen MR) is 99.7 cm³/mol. The normalized spacial score (nSPS) is 14.2. The first kappa shape index (κ1) is 18.4. The Bertz CT molecular complexity index is 1070. The van der Waals surface area contributed by atoms with Gasteiger partial charge in [0, 0.05) is 10.6 Å². The van der Waals surface area contributed by atoms with Crippen LogP contribution in [0.1, 0.15) is 11.1 Å². The molecule has 0 saturated heterocycles. The average molecular weight is 407 g/mol. The number of alkyl halides is 2. The van der Waals surface area contributed by atoms with Crippen LogP contribution in [0.3, 0.4) is 0 Å². The lowest BCUT2D eigenvalue weighted by molar-refractivity contribution is -0.286. The summed E-state index contributed by atoms with van der Waals surface area (Å²) in [4.78, 5) is 0.753. The van der Waals surface area contributed by atoms with Gasteiger partial charge >= 0.3 is 6.29 Å². The van der Waals surface area contributed by atoms with E-state index in [9.17, 15) is 17.6 Å². The van der Waals surface area contributed by atoms with Crippen molar-refractivity contribution in [1.29, 1.82) is 0 Å². The molecule has 1 aliphatic heterocycles. The van der Waals surface area contributed by atoms with Crippen LogP contribution in [0, 0.1) is 18.6 Å². The largest absolute Gasteiger partial charge is 0.586 e. The van der Waals surface area contributed by atoms with Gasteiger partial charge in [-0.2, -0.15) is 0 Å². The highest BCUT2D eigenvalue weighted by Crippen LogP contribution is 2.46. The molecule has 0 saturated carbocycles. The third-order valence-corrected chi connectivity index (χ3v) is 5.19. The molecular formula is C20H13F4NO2S. The molecule has 0 bridgehead atoms. The fourth-order valence-electron chi connectivity index (χ4n) is 2.91. The highest BCUT2D eigenvalue weighted by Gasteiger charge is 2.43. The Morgan fingerprint density at radius 2 is 1.68 bits per heavy atom. The number of anilines is 1. The number of aryl methyl sites for hydroxylation is 1. The average Bonchev–Trinajstić information content (AvgIpc) is 3.16. The van der Waals surface area contributed by atoms with Crippen molar-refractivity contribution in [2.75, 3.05) is 5.32 Å². The van der Waals surface area contributed by atoms with Crippen molar-refractivity contribution in [2.45, 2.75) is 13.2 Å². The maximum Gasteiger partial charge on any atom is 0.586 e. The first-order valence-corrected chi connectivity index (χ1v) is 8.96. The summed E-state index contributed by atoms with van der Waals surface area (Å²) in [5, 5.41) is 3.47. The van der Waals surface area contributed by atoms with Crippen molar-refractivity contribution in [3.8, 4) is 21.9 Å². The van der Waals surface area contributed by atoms with Gasteiger partial charge in [0.2, 0.25) is 0 Å². The van der Waals surface area contributed by atoms with E-state index < -0.39 is 17.9 Å². The summed E-state index contributed by atoms with van der Waals surface area (Å²) in [6, 6.07) is 10.0. The number of hydrogen-bond donors (Lipinski definition) is 1. The molecule has 0 atom stereocenters. The predicted octanol–water partition coefficient (Wildman–Crippen LogP) is 6.41. The highest BCUT2D eigenvalue weighted by molar-refractivity contribution is 7.19. The molecule has 0 radical (unpaired) electrons. The van der Waals surface area contributed by atoms with Crippen molar-refractivity contribution in [1.82, 2.24) is 0 Å². The fourth-order valence-corrected chi connectivity index (χ4v) is 3.92. The van der Waals surface area contributed by atoms with Crippen LogP contribution in [0.15, 0.2) is 49.0 Å². The highest BCUT2D eigenvalue weighted by atomic mass is 32.1. The molecule has 2 heterocycles. The quantitative estimate of drug-likeness (QED) is 0.507. The maximum absolute atomic E-state index is 13.9. The van der Waals surface area contributed by atoms with Crippen LogP contribution < -0.4 is 14.8 Å². The molecule has 0 spiro atoms. The van der Waals surface area contributed by atoms with E-state index in [1.165, 1.54) is 29.5 Å². The topological polar surface area (TPSA) is 30.5 Å². The fraction of sp³-hybridized carbons (Fsp3) is 0.100. The third-order valence-electron chi connectivity index (χ3n) is 4.16. The van der Waals surface area contributed by atoms with Crippen molar-refractivity contribution in [3.05, 3.63) is 71.8 Å². The summed E-state index contributed by atoms with van der Waals surface area (Å²) in [5.41, 5.74) is 1.23. The van der Waals surface area contributed by atoms with Gasteiger partial charge in [-0.05, 0) is 54.4 Å². The molecule has 0 amide bonds. The van der Waals surface area contributed by atoms with E-state index >= 15 is 0 Å². The molecule has 2 aromatic carbocycles. The first-order valence-electron chi connectivity index (χ1n) is 8.14. The lowest BCUT2D eigenvalue weighted by Gasteiger charge is -2.10. The van der Waals surface area contributed by atoms with E-state index in [4.69, 9.17) is 0 Å². The molecule has 8 heteroatoms. The van der Waals surface area contributed by atoms with Gasteiger partial charge in [-0.1, -0.05) is 12.6 Å². The Morgan fingerprint density at radius 1 is 1.04 bits per heavy atom. The molecule has 1 aliphatic rings. The Kier molecular flexibility index (Phi) is 4.30. The number of ether oxygens (including phenoxy) is 2. The van der Waals surface area contributed by atoms with Gasteiger partial charge in [0.1, 0.15) is 11.6 Å². The van der Waals surface area contributed by atoms with Crippen molar-refractivity contribution < 1.29 is 27.0 Å². The summed E-state index contributed by atoms with van der Waals surface area (Å²) >= 11 is 1.28. The summed E-state index contributed by atoms with van der Waals surface area (Å²) in [6.45, 7) is 5.46. The number of benzene rings is 2. The van der Waals surface area contributed by atoms with Gasteiger partial charge in [0.25, 0.3) is 0 Å². The maximum atomic E-state index is 13.9.